The van der Waals surface area contributed by atoms with Crippen LogP contribution in [0.3, 0.4) is 0 Å². The van der Waals surface area contributed by atoms with Crippen LogP contribution < -0.4 is 0 Å². The second-order valence-electron chi connectivity index (χ2n) is 4.47. The van der Waals surface area contributed by atoms with Gasteiger partial charge in [-0.05, 0) is 13.8 Å². The standard InChI is InChI=1S/C11H13F2N5O2/c1-6(2)17-5-14-3-7(17)4-18-9(10(12)13)8(11(19)20)15-16-18/h3,5-6,10H,4H2,1-2H3,(H,19,20). The molecule has 0 saturated carbocycles. The van der Waals surface area contributed by atoms with E-state index in [1.54, 1.807) is 10.9 Å². The van der Waals surface area contributed by atoms with Crippen LogP contribution in [-0.2, 0) is 6.54 Å². The third-order valence-electron chi connectivity index (χ3n) is 2.80. The Hall–Kier alpha value is -2.32. The van der Waals surface area contributed by atoms with E-state index in [2.05, 4.69) is 15.3 Å². The predicted octanol–water partition coefficient (Wildman–Crippen LogP) is 1.74. The lowest BCUT2D eigenvalue weighted by atomic mass is 10.3. The zero-order valence-corrected chi connectivity index (χ0v) is 10.9. The highest BCUT2D eigenvalue weighted by molar-refractivity contribution is 5.86. The molecule has 0 bridgehead atoms. The molecule has 1 N–H and O–H groups in total. The summed E-state index contributed by atoms with van der Waals surface area (Å²) in [6.45, 7) is 3.82. The molecule has 9 heteroatoms. The van der Waals surface area contributed by atoms with E-state index in [0.717, 1.165) is 4.68 Å². The fourth-order valence-electron chi connectivity index (χ4n) is 1.88. The predicted molar refractivity (Wildman–Crippen MR) is 63.7 cm³/mol. The van der Waals surface area contributed by atoms with Crippen molar-refractivity contribution in [3.63, 3.8) is 0 Å². The van der Waals surface area contributed by atoms with Crippen LogP contribution in [0.4, 0.5) is 8.78 Å². The molecule has 0 aliphatic rings. The molecule has 0 atom stereocenters. The quantitative estimate of drug-likeness (QED) is 0.904. The number of carboxylic acid groups (broad SMARTS) is 1. The van der Waals surface area contributed by atoms with Crippen LogP contribution in [0.25, 0.3) is 0 Å². The van der Waals surface area contributed by atoms with Crippen LogP contribution in [0.15, 0.2) is 12.5 Å². The number of hydrogen-bond acceptors (Lipinski definition) is 4. The number of carboxylic acids is 1. The van der Waals surface area contributed by atoms with E-state index in [4.69, 9.17) is 5.11 Å². The second-order valence-corrected chi connectivity index (χ2v) is 4.47. The highest BCUT2D eigenvalue weighted by atomic mass is 19.3. The van der Waals surface area contributed by atoms with Crippen molar-refractivity contribution in [2.45, 2.75) is 32.9 Å². The number of rotatable bonds is 5. The first-order valence-electron chi connectivity index (χ1n) is 5.87. The summed E-state index contributed by atoms with van der Waals surface area (Å²) in [5.74, 6) is -1.52. The molecule has 2 rings (SSSR count). The van der Waals surface area contributed by atoms with Crippen LogP contribution in [0.1, 0.15) is 48.2 Å². The molecule has 108 valence electrons. The molecule has 0 aliphatic carbocycles. The summed E-state index contributed by atoms with van der Waals surface area (Å²) in [7, 11) is 0. The zero-order chi connectivity index (χ0) is 14.9. The Balaban J connectivity index is 2.39. The van der Waals surface area contributed by atoms with Crippen molar-refractivity contribution in [2.75, 3.05) is 0 Å². The Kier molecular flexibility index (Phi) is 3.77. The van der Waals surface area contributed by atoms with Gasteiger partial charge in [-0.25, -0.2) is 23.2 Å². The first-order valence-corrected chi connectivity index (χ1v) is 5.87. The maximum atomic E-state index is 13.0. The van der Waals surface area contributed by atoms with Gasteiger partial charge in [-0.1, -0.05) is 5.21 Å². The highest BCUT2D eigenvalue weighted by Crippen LogP contribution is 2.22. The Morgan fingerprint density at radius 1 is 1.45 bits per heavy atom. The van der Waals surface area contributed by atoms with Crippen LogP contribution in [-0.4, -0.2) is 35.6 Å². The molecule has 0 unspecified atom stereocenters. The smallest absolute Gasteiger partial charge is 0.358 e. The number of aromatic carboxylic acids is 1. The summed E-state index contributed by atoms with van der Waals surface area (Å²) in [5, 5.41) is 15.6. The number of nitrogens with zero attached hydrogens (tertiary/aromatic N) is 5. The molecular formula is C11H13F2N5O2. The number of alkyl halides is 2. The Morgan fingerprint density at radius 3 is 2.70 bits per heavy atom. The van der Waals surface area contributed by atoms with Crippen LogP contribution >= 0.6 is 0 Å². The maximum Gasteiger partial charge on any atom is 0.358 e. The summed E-state index contributed by atoms with van der Waals surface area (Å²) >= 11 is 0. The summed E-state index contributed by atoms with van der Waals surface area (Å²) in [6, 6.07) is 0.102. The van der Waals surface area contributed by atoms with E-state index in [9.17, 15) is 13.6 Å². The first kappa shape index (κ1) is 14.1. The van der Waals surface area contributed by atoms with E-state index in [1.165, 1.54) is 6.20 Å². The summed E-state index contributed by atoms with van der Waals surface area (Å²) < 4.78 is 28.6. The monoisotopic (exact) mass is 285 g/mol. The fraction of sp³-hybridized carbons (Fsp3) is 0.455. The summed E-state index contributed by atoms with van der Waals surface area (Å²) in [5.41, 5.74) is -0.784. The van der Waals surface area contributed by atoms with Gasteiger partial charge in [0.05, 0.1) is 24.8 Å². The normalized spacial score (nSPS) is 11.5. The van der Waals surface area contributed by atoms with Crippen molar-refractivity contribution in [1.29, 1.82) is 0 Å². The van der Waals surface area contributed by atoms with Gasteiger partial charge >= 0.3 is 5.97 Å². The van der Waals surface area contributed by atoms with Gasteiger partial charge in [-0.15, -0.1) is 5.10 Å². The van der Waals surface area contributed by atoms with Gasteiger partial charge in [-0.2, -0.15) is 0 Å². The molecule has 7 nitrogen and oxygen atoms in total. The number of aromatic nitrogens is 5. The van der Waals surface area contributed by atoms with Gasteiger partial charge in [-0.3, -0.25) is 0 Å². The molecule has 2 heterocycles. The maximum absolute atomic E-state index is 13.0. The molecule has 0 radical (unpaired) electrons. The van der Waals surface area contributed by atoms with Gasteiger partial charge < -0.3 is 9.67 Å². The van der Waals surface area contributed by atoms with E-state index >= 15 is 0 Å². The van der Waals surface area contributed by atoms with Crippen molar-refractivity contribution in [2.24, 2.45) is 0 Å². The molecule has 2 aromatic heterocycles. The van der Waals surface area contributed by atoms with Gasteiger partial charge in [0.1, 0.15) is 5.69 Å². The molecule has 0 saturated heterocycles. The minimum absolute atomic E-state index is 0.0157. The van der Waals surface area contributed by atoms with Gasteiger partial charge in [0.2, 0.25) is 0 Å². The Morgan fingerprint density at radius 2 is 2.15 bits per heavy atom. The molecule has 2 aromatic rings. The molecule has 0 aliphatic heterocycles. The van der Waals surface area contributed by atoms with Crippen molar-refractivity contribution in [3.8, 4) is 0 Å². The first-order chi connectivity index (χ1) is 9.41. The molecule has 0 amide bonds. The molecular weight excluding hydrogens is 272 g/mol. The molecule has 0 aromatic carbocycles. The summed E-state index contributed by atoms with van der Waals surface area (Å²) in [6.07, 6.45) is 0.139. The van der Waals surface area contributed by atoms with Gasteiger partial charge in [0, 0.05) is 6.04 Å². The fourth-order valence-corrected chi connectivity index (χ4v) is 1.88. The Labute approximate surface area is 112 Å². The average Bonchev–Trinajstić information content (AvgIpc) is 2.95. The number of carbonyl (C=O) groups is 1. The minimum Gasteiger partial charge on any atom is -0.476 e. The van der Waals surface area contributed by atoms with Gasteiger partial charge in [0.15, 0.2) is 5.69 Å². The Bertz CT molecular complexity index is 620. The van der Waals surface area contributed by atoms with E-state index in [1.807, 2.05) is 13.8 Å². The second kappa shape index (κ2) is 5.35. The lowest BCUT2D eigenvalue weighted by Gasteiger charge is -2.12. The highest BCUT2D eigenvalue weighted by Gasteiger charge is 2.26. The van der Waals surface area contributed by atoms with Crippen molar-refractivity contribution >= 4 is 5.97 Å². The lowest BCUT2D eigenvalue weighted by Crippen LogP contribution is -2.13. The van der Waals surface area contributed by atoms with Crippen LogP contribution in [0.2, 0.25) is 0 Å². The number of imidazole rings is 1. The third-order valence-corrected chi connectivity index (χ3v) is 2.80. The van der Waals surface area contributed by atoms with Crippen molar-refractivity contribution in [1.82, 2.24) is 24.5 Å². The van der Waals surface area contributed by atoms with Crippen molar-refractivity contribution in [3.05, 3.63) is 29.6 Å². The zero-order valence-electron chi connectivity index (χ0n) is 10.9. The largest absolute Gasteiger partial charge is 0.476 e. The van der Waals surface area contributed by atoms with E-state index in [-0.39, 0.29) is 12.6 Å². The number of hydrogen-bond donors (Lipinski definition) is 1. The van der Waals surface area contributed by atoms with Crippen molar-refractivity contribution < 1.29 is 18.7 Å². The SMILES string of the molecule is CC(C)n1cncc1Cn1nnc(C(=O)O)c1C(F)F. The average molecular weight is 285 g/mol. The van der Waals surface area contributed by atoms with Crippen LogP contribution in [0, 0.1) is 0 Å². The molecule has 20 heavy (non-hydrogen) atoms. The van der Waals surface area contributed by atoms with Gasteiger partial charge in [0.25, 0.3) is 6.43 Å². The number of halogens is 2. The third kappa shape index (κ3) is 2.51. The van der Waals surface area contributed by atoms with E-state index in [0.29, 0.717) is 5.69 Å². The summed E-state index contributed by atoms with van der Waals surface area (Å²) in [4.78, 5) is 14.8. The molecule has 0 spiro atoms. The topological polar surface area (TPSA) is 85.8 Å². The van der Waals surface area contributed by atoms with E-state index < -0.39 is 23.8 Å². The lowest BCUT2D eigenvalue weighted by molar-refractivity contribution is 0.0675. The minimum atomic E-state index is -2.97. The van der Waals surface area contributed by atoms with Crippen LogP contribution in [0.5, 0.6) is 0 Å². The molecule has 0 fully saturated rings.